The Morgan fingerprint density at radius 2 is 1.85 bits per heavy atom. The molecule has 2 aliphatic rings. The van der Waals surface area contributed by atoms with Gasteiger partial charge in [0.2, 0.25) is 5.95 Å². The Kier molecular flexibility index (Phi) is 4.62. The number of pyridine rings is 1. The monoisotopic (exact) mass is 452 g/mol. The molecule has 4 aromatic rings. The smallest absolute Gasteiger partial charge is 0.254 e. The summed E-state index contributed by atoms with van der Waals surface area (Å²) in [6, 6.07) is 17.6. The predicted molar refractivity (Wildman–Crippen MR) is 129 cm³/mol. The van der Waals surface area contributed by atoms with Gasteiger partial charge in [0.05, 0.1) is 0 Å². The number of hydrogen-bond donors (Lipinski definition) is 1. The van der Waals surface area contributed by atoms with Gasteiger partial charge in [0, 0.05) is 55.3 Å². The van der Waals surface area contributed by atoms with Crippen LogP contribution in [-0.4, -0.2) is 56.3 Å². The Balaban J connectivity index is 1.27. The third kappa shape index (κ3) is 3.48. The van der Waals surface area contributed by atoms with Gasteiger partial charge in [-0.3, -0.25) is 9.59 Å². The van der Waals surface area contributed by atoms with Crippen LogP contribution in [0.4, 0.5) is 11.6 Å². The maximum absolute atomic E-state index is 12.6. The summed E-state index contributed by atoms with van der Waals surface area (Å²) in [5.74, 6) is 0.586. The molecular formula is C26H24N6O2. The van der Waals surface area contributed by atoms with Crippen LogP contribution in [0.1, 0.15) is 39.1 Å². The molecule has 34 heavy (non-hydrogen) atoms. The Morgan fingerprint density at radius 3 is 2.59 bits per heavy atom. The molecule has 0 spiro atoms. The minimum absolute atomic E-state index is 0.0324. The second-order valence-corrected chi connectivity index (χ2v) is 9.06. The van der Waals surface area contributed by atoms with Gasteiger partial charge in [0.25, 0.3) is 11.8 Å². The van der Waals surface area contributed by atoms with Crippen LogP contribution in [0.3, 0.4) is 0 Å². The SMILES string of the molecule is CN(C)C(=O)c1ccc(-c2cccn3nc(Nc4ccc5c(c4)CN(C4CC4)C5=O)nc23)cc1. The Hall–Kier alpha value is -4.20. The van der Waals surface area contributed by atoms with Crippen molar-refractivity contribution in [3.8, 4) is 11.1 Å². The number of carbonyl (C=O) groups is 2. The highest BCUT2D eigenvalue weighted by Gasteiger charge is 2.38. The van der Waals surface area contributed by atoms with Gasteiger partial charge in [-0.05, 0) is 66.4 Å². The number of nitrogens with zero attached hydrogens (tertiary/aromatic N) is 5. The van der Waals surface area contributed by atoms with Gasteiger partial charge in [0.15, 0.2) is 5.65 Å². The van der Waals surface area contributed by atoms with Crippen LogP contribution in [0.15, 0.2) is 60.8 Å². The summed E-state index contributed by atoms with van der Waals surface area (Å²) in [7, 11) is 3.48. The van der Waals surface area contributed by atoms with Crippen molar-refractivity contribution in [2.45, 2.75) is 25.4 Å². The van der Waals surface area contributed by atoms with Crippen LogP contribution in [0.25, 0.3) is 16.8 Å². The Bertz CT molecular complexity index is 1440. The van der Waals surface area contributed by atoms with Crippen molar-refractivity contribution in [2.24, 2.45) is 0 Å². The number of fused-ring (bicyclic) bond motifs is 2. The number of anilines is 2. The Morgan fingerprint density at radius 1 is 1.06 bits per heavy atom. The zero-order valence-electron chi connectivity index (χ0n) is 19.0. The molecule has 1 fully saturated rings. The fraction of sp³-hybridized carbons (Fsp3) is 0.231. The van der Waals surface area contributed by atoms with Crippen LogP contribution < -0.4 is 5.32 Å². The zero-order chi connectivity index (χ0) is 23.4. The van der Waals surface area contributed by atoms with Crippen molar-refractivity contribution >= 4 is 29.1 Å². The normalized spacial score (nSPS) is 15.0. The van der Waals surface area contributed by atoms with E-state index < -0.39 is 0 Å². The van der Waals surface area contributed by atoms with E-state index in [1.807, 2.05) is 65.7 Å². The molecule has 170 valence electrons. The first kappa shape index (κ1) is 20.4. The molecule has 8 heteroatoms. The van der Waals surface area contributed by atoms with Crippen LogP contribution in [0.2, 0.25) is 0 Å². The largest absolute Gasteiger partial charge is 0.345 e. The molecule has 1 aliphatic heterocycles. The number of benzene rings is 2. The second kappa shape index (κ2) is 7.69. The summed E-state index contributed by atoms with van der Waals surface area (Å²) in [5, 5.41) is 7.87. The molecule has 0 radical (unpaired) electrons. The van der Waals surface area contributed by atoms with Crippen LogP contribution in [0, 0.1) is 0 Å². The van der Waals surface area contributed by atoms with Crippen LogP contribution in [-0.2, 0) is 6.54 Å². The summed E-state index contributed by atoms with van der Waals surface area (Å²) < 4.78 is 1.74. The number of aromatic nitrogens is 3. The van der Waals surface area contributed by atoms with Crippen LogP contribution >= 0.6 is 0 Å². The first-order valence-electron chi connectivity index (χ1n) is 11.4. The van der Waals surface area contributed by atoms with Gasteiger partial charge in [-0.15, -0.1) is 5.10 Å². The molecule has 2 aromatic heterocycles. The van der Waals surface area contributed by atoms with Crippen LogP contribution in [0.5, 0.6) is 0 Å². The quantitative estimate of drug-likeness (QED) is 0.496. The lowest BCUT2D eigenvalue weighted by Crippen LogP contribution is -2.25. The number of hydrogen-bond acceptors (Lipinski definition) is 5. The zero-order valence-corrected chi connectivity index (χ0v) is 19.0. The van der Waals surface area contributed by atoms with E-state index >= 15 is 0 Å². The lowest BCUT2D eigenvalue weighted by molar-refractivity contribution is 0.0765. The number of nitrogens with one attached hydrogen (secondary N) is 1. The highest BCUT2D eigenvalue weighted by atomic mass is 16.2. The molecule has 0 unspecified atom stereocenters. The van der Waals surface area contributed by atoms with E-state index in [0.717, 1.165) is 40.8 Å². The third-order valence-electron chi connectivity index (χ3n) is 6.39. The first-order valence-corrected chi connectivity index (χ1v) is 11.4. The minimum atomic E-state index is -0.0324. The summed E-state index contributed by atoms with van der Waals surface area (Å²) in [5.41, 5.74) is 5.92. The highest BCUT2D eigenvalue weighted by molar-refractivity contribution is 5.99. The first-order chi connectivity index (χ1) is 16.5. The molecule has 1 aliphatic carbocycles. The van der Waals surface area contributed by atoms with Gasteiger partial charge < -0.3 is 15.1 Å². The maximum atomic E-state index is 12.6. The molecule has 0 bridgehead atoms. The van der Waals surface area contributed by atoms with Gasteiger partial charge in [-0.25, -0.2) is 4.52 Å². The lowest BCUT2D eigenvalue weighted by Gasteiger charge is -2.13. The molecule has 0 atom stereocenters. The number of carbonyl (C=O) groups excluding carboxylic acids is 2. The van der Waals surface area contributed by atoms with E-state index in [-0.39, 0.29) is 11.8 Å². The molecule has 1 N–H and O–H groups in total. The minimum Gasteiger partial charge on any atom is -0.345 e. The molecule has 6 rings (SSSR count). The molecule has 2 amide bonds. The van der Waals surface area contributed by atoms with E-state index in [2.05, 4.69) is 10.4 Å². The van der Waals surface area contributed by atoms with Gasteiger partial charge in [0.1, 0.15) is 0 Å². The molecule has 1 saturated carbocycles. The van der Waals surface area contributed by atoms with Crippen molar-refractivity contribution in [3.63, 3.8) is 0 Å². The summed E-state index contributed by atoms with van der Waals surface area (Å²) >= 11 is 0. The van der Waals surface area contributed by atoms with E-state index in [4.69, 9.17) is 4.98 Å². The average Bonchev–Trinajstić information content (AvgIpc) is 3.52. The van der Waals surface area contributed by atoms with Gasteiger partial charge >= 0.3 is 0 Å². The average molecular weight is 453 g/mol. The number of rotatable bonds is 5. The molecule has 3 heterocycles. The molecule has 2 aromatic carbocycles. The van der Waals surface area contributed by atoms with E-state index in [0.29, 0.717) is 29.7 Å². The summed E-state index contributed by atoms with van der Waals surface area (Å²) in [4.78, 5) is 33.0. The van der Waals surface area contributed by atoms with Gasteiger partial charge in [-0.2, -0.15) is 4.98 Å². The topological polar surface area (TPSA) is 82.8 Å². The predicted octanol–water partition coefficient (Wildman–Crippen LogP) is 3.96. The fourth-order valence-corrected chi connectivity index (χ4v) is 4.47. The number of amides is 2. The standard InChI is InChI=1S/C26H24N6O2/c1-30(2)24(33)17-7-5-16(6-8-17)21-4-3-13-32-23(21)28-26(29-32)27-19-9-12-22-18(14-19)15-31(25(22)34)20-10-11-20/h3-9,12-14,20H,10-11,15H2,1-2H3,(H,27,29). The van der Waals surface area contributed by atoms with Crippen molar-refractivity contribution in [3.05, 3.63) is 77.5 Å². The van der Waals surface area contributed by atoms with E-state index in [1.54, 1.807) is 23.5 Å². The van der Waals surface area contributed by atoms with Crippen molar-refractivity contribution in [1.82, 2.24) is 24.4 Å². The van der Waals surface area contributed by atoms with Crippen molar-refractivity contribution in [1.29, 1.82) is 0 Å². The highest BCUT2D eigenvalue weighted by Crippen LogP contribution is 2.35. The van der Waals surface area contributed by atoms with Crippen molar-refractivity contribution in [2.75, 3.05) is 19.4 Å². The van der Waals surface area contributed by atoms with E-state index in [1.165, 1.54) is 0 Å². The third-order valence-corrected chi connectivity index (χ3v) is 6.39. The Labute approximate surface area is 196 Å². The van der Waals surface area contributed by atoms with Crippen molar-refractivity contribution < 1.29 is 9.59 Å². The van der Waals surface area contributed by atoms with Gasteiger partial charge in [-0.1, -0.05) is 12.1 Å². The molecule has 8 nitrogen and oxygen atoms in total. The molecule has 0 saturated heterocycles. The fourth-order valence-electron chi connectivity index (χ4n) is 4.47. The van der Waals surface area contributed by atoms with E-state index in [9.17, 15) is 9.59 Å². The molecular weight excluding hydrogens is 428 g/mol. The lowest BCUT2D eigenvalue weighted by atomic mass is 10.0. The summed E-state index contributed by atoms with van der Waals surface area (Å²) in [6.07, 6.45) is 4.07. The summed E-state index contributed by atoms with van der Waals surface area (Å²) in [6.45, 7) is 0.670. The maximum Gasteiger partial charge on any atom is 0.254 e. The second-order valence-electron chi connectivity index (χ2n) is 9.06.